The largest absolute Gasteiger partial charge is 0.403 e. The SMILES string of the molecule is N=CC(C(=N)N)C(F)(F)F. The second-order valence-electron chi connectivity index (χ2n) is 1.64. The maximum absolute atomic E-state index is 11.6. The summed E-state index contributed by atoms with van der Waals surface area (Å²) in [5, 5.41) is 12.7. The molecule has 0 saturated carbocycles. The van der Waals surface area contributed by atoms with E-state index >= 15 is 0 Å². The Morgan fingerprint density at radius 2 is 1.90 bits per heavy atom. The highest BCUT2D eigenvalue weighted by atomic mass is 19.4. The first-order valence-electron chi connectivity index (χ1n) is 2.30. The predicted molar refractivity (Wildman–Crippen MR) is 30.2 cm³/mol. The van der Waals surface area contributed by atoms with Crippen LogP contribution in [0.1, 0.15) is 0 Å². The first kappa shape index (κ1) is 8.93. The van der Waals surface area contributed by atoms with E-state index in [4.69, 9.17) is 10.8 Å². The van der Waals surface area contributed by atoms with E-state index in [2.05, 4.69) is 5.73 Å². The smallest absolute Gasteiger partial charge is 0.387 e. The summed E-state index contributed by atoms with van der Waals surface area (Å²) in [7, 11) is 0. The highest BCUT2D eigenvalue weighted by Crippen LogP contribution is 2.23. The number of nitrogens with two attached hydrogens (primary N) is 1. The van der Waals surface area contributed by atoms with E-state index in [1.165, 1.54) is 0 Å². The van der Waals surface area contributed by atoms with Crippen LogP contribution in [0.2, 0.25) is 0 Å². The van der Waals surface area contributed by atoms with Crippen molar-refractivity contribution in [2.24, 2.45) is 11.7 Å². The molecule has 0 amide bonds. The first-order chi connectivity index (χ1) is 4.39. The highest BCUT2D eigenvalue weighted by Gasteiger charge is 2.40. The topological polar surface area (TPSA) is 73.7 Å². The van der Waals surface area contributed by atoms with Crippen LogP contribution in [0.15, 0.2) is 0 Å². The molecule has 4 N–H and O–H groups in total. The van der Waals surface area contributed by atoms with Crippen molar-refractivity contribution in [3.63, 3.8) is 0 Å². The molecule has 0 aliphatic rings. The van der Waals surface area contributed by atoms with Crippen molar-refractivity contribution in [2.75, 3.05) is 0 Å². The summed E-state index contributed by atoms with van der Waals surface area (Å²) < 4.78 is 34.8. The molecule has 6 heteroatoms. The van der Waals surface area contributed by atoms with Crippen LogP contribution in [0.4, 0.5) is 13.2 Å². The number of alkyl halides is 3. The number of nitrogens with one attached hydrogen (secondary N) is 2. The summed E-state index contributed by atoms with van der Waals surface area (Å²) in [6.45, 7) is 0. The molecule has 0 aromatic carbocycles. The van der Waals surface area contributed by atoms with Crippen LogP contribution in [-0.4, -0.2) is 18.2 Å². The molecule has 3 nitrogen and oxygen atoms in total. The molecule has 10 heavy (non-hydrogen) atoms. The van der Waals surface area contributed by atoms with Gasteiger partial charge in [-0.05, 0) is 0 Å². The van der Waals surface area contributed by atoms with Crippen molar-refractivity contribution < 1.29 is 13.2 Å². The highest BCUT2D eigenvalue weighted by molar-refractivity contribution is 5.94. The Hall–Kier alpha value is -1.07. The molecule has 0 aromatic rings. The Kier molecular flexibility index (Phi) is 2.39. The summed E-state index contributed by atoms with van der Waals surface area (Å²) in [5.41, 5.74) is 4.55. The molecule has 0 aromatic heterocycles. The van der Waals surface area contributed by atoms with Crippen molar-refractivity contribution in [1.29, 1.82) is 10.8 Å². The van der Waals surface area contributed by atoms with Gasteiger partial charge in [0.05, 0.1) is 0 Å². The number of hydrogen-bond donors (Lipinski definition) is 3. The normalized spacial score (nSPS) is 14.3. The third-order valence-electron chi connectivity index (χ3n) is 0.854. The minimum atomic E-state index is -4.60. The summed E-state index contributed by atoms with van der Waals surface area (Å²) in [5.74, 6) is -3.28. The lowest BCUT2D eigenvalue weighted by molar-refractivity contribution is -0.138. The number of hydrogen-bond acceptors (Lipinski definition) is 2. The maximum Gasteiger partial charge on any atom is 0.403 e. The summed E-state index contributed by atoms with van der Waals surface area (Å²) in [6.07, 6.45) is -4.50. The average molecular weight is 153 g/mol. The maximum atomic E-state index is 11.6. The zero-order valence-corrected chi connectivity index (χ0v) is 4.87. The van der Waals surface area contributed by atoms with Gasteiger partial charge in [0, 0.05) is 6.21 Å². The fourth-order valence-electron chi connectivity index (χ4n) is 0.361. The van der Waals surface area contributed by atoms with Crippen LogP contribution in [0.25, 0.3) is 0 Å². The van der Waals surface area contributed by atoms with Crippen LogP contribution in [0.5, 0.6) is 0 Å². The quantitative estimate of drug-likeness (QED) is 0.397. The zero-order valence-electron chi connectivity index (χ0n) is 4.87. The van der Waals surface area contributed by atoms with Gasteiger partial charge in [0.1, 0.15) is 11.8 Å². The fraction of sp³-hybridized carbons (Fsp3) is 0.500. The third-order valence-corrected chi connectivity index (χ3v) is 0.854. The van der Waals surface area contributed by atoms with Crippen LogP contribution >= 0.6 is 0 Å². The fourth-order valence-corrected chi connectivity index (χ4v) is 0.361. The number of amidine groups is 1. The Balaban J connectivity index is 4.36. The lowest BCUT2D eigenvalue weighted by Gasteiger charge is -2.12. The van der Waals surface area contributed by atoms with Gasteiger partial charge in [0.25, 0.3) is 0 Å². The summed E-state index contributed by atoms with van der Waals surface area (Å²) in [6, 6.07) is 0. The molecule has 58 valence electrons. The van der Waals surface area contributed by atoms with E-state index in [-0.39, 0.29) is 6.21 Å². The second-order valence-corrected chi connectivity index (χ2v) is 1.64. The summed E-state index contributed by atoms with van der Waals surface area (Å²) >= 11 is 0. The van der Waals surface area contributed by atoms with Gasteiger partial charge >= 0.3 is 6.18 Å². The molecule has 0 heterocycles. The Morgan fingerprint density at radius 3 is 1.90 bits per heavy atom. The lowest BCUT2D eigenvalue weighted by atomic mass is 10.1. The van der Waals surface area contributed by atoms with E-state index in [0.29, 0.717) is 0 Å². The molecule has 0 aliphatic carbocycles. The number of halogens is 3. The molecule has 1 atom stereocenters. The Morgan fingerprint density at radius 1 is 1.50 bits per heavy atom. The Labute approximate surface area is 55.0 Å². The lowest BCUT2D eigenvalue weighted by Crippen LogP contribution is -2.36. The predicted octanol–water partition coefficient (Wildman–Crippen LogP) is 0.750. The molecule has 0 rings (SSSR count). The molecule has 0 spiro atoms. The van der Waals surface area contributed by atoms with E-state index in [1.54, 1.807) is 0 Å². The number of rotatable bonds is 2. The van der Waals surface area contributed by atoms with Crippen LogP contribution in [0.3, 0.4) is 0 Å². The molecule has 1 unspecified atom stereocenters. The monoisotopic (exact) mass is 153 g/mol. The van der Waals surface area contributed by atoms with E-state index < -0.39 is 17.9 Å². The van der Waals surface area contributed by atoms with Crippen molar-refractivity contribution in [2.45, 2.75) is 6.18 Å². The van der Waals surface area contributed by atoms with Gasteiger partial charge in [-0.25, -0.2) is 0 Å². The van der Waals surface area contributed by atoms with Crippen molar-refractivity contribution >= 4 is 12.1 Å². The van der Waals surface area contributed by atoms with Gasteiger partial charge in [-0.1, -0.05) is 0 Å². The first-order valence-corrected chi connectivity index (χ1v) is 2.30. The molecular formula is C4H6F3N3. The minimum Gasteiger partial charge on any atom is -0.387 e. The minimum absolute atomic E-state index is 0.0995. The van der Waals surface area contributed by atoms with E-state index in [0.717, 1.165) is 0 Å². The average Bonchev–Trinajstić information content (AvgIpc) is 1.60. The van der Waals surface area contributed by atoms with Gasteiger partial charge in [0.15, 0.2) is 0 Å². The van der Waals surface area contributed by atoms with Crippen LogP contribution in [0, 0.1) is 16.7 Å². The molecule has 0 fully saturated rings. The molecule has 0 bridgehead atoms. The van der Waals surface area contributed by atoms with Gasteiger partial charge in [-0.3, -0.25) is 5.41 Å². The third kappa shape index (κ3) is 2.04. The van der Waals surface area contributed by atoms with Gasteiger partial charge in [-0.15, -0.1) is 0 Å². The molecular weight excluding hydrogens is 147 g/mol. The van der Waals surface area contributed by atoms with Crippen molar-refractivity contribution in [3.05, 3.63) is 0 Å². The van der Waals surface area contributed by atoms with Gasteiger partial charge < -0.3 is 11.1 Å². The van der Waals surface area contributed by atoms with E-state index in [9.17, 15) is 13.2 Å². The van der Waals surface area contributed by atoms with Crippen LogP contribution < -0.4 is 5.73 Å². The van der Waals surface area contributed by atoms with Gasteiger partial charge in [0.2, 0.25) is 0 Å². The second kappa shape index (κ2) is 2.68. The van der Waals surface area contributed by atoms with Crippen molar-refractivity contribution in [1.82, 2.24) is 0 Å². The standard InChI is InChI=1S/C4H6F3N3/c5-4(6,7)2(1-8)3(9)10/h1-2,8H,(H3,9,10). The zero-order chi connectivity index (χ0) is 8.36. The van der Waals surface area contributed by atoms with Crippen LogP contribution in [-0.2, 0) is 0 Å². The molecule has 0 saturated heterocycles. The Bertz CT molecular complexity index is 150. The molecule has 0 aliphatic heterocycles. The van der Waals surface area contributed by atoms with E-state index in [1.807, 2.05) is 0 Å². The van der Waals surface area contributed by atoms with Crippen molar-refractivity contribution in [3.8, 4) is 0 Å². The summed E-state index contributed by atoms with van der Waals surface area (Å²) in [4.78, 5) is 0. The van der Waals surface area contributed by atoms with Gasteiger partial charge in [-0.2, -0.15) is 13.2 Å². The molecule has 0 radical (unpaired) electrons.